The van der Waals surface area contributed by atoms with Crippen molar-refractivity contribution in [1.82, 2.24) is 19.4 Å². The Hall–Kier alpha value is -3.46. The molecule has 5 heterocycles. The van der Waals surface area contributed by atoms with Gasteiger partial charge in [0, 0.05) is 50.1 Å². The van der Waals surface area contributed by atoms with Crippen LogP contribution in [0.2, 0.25) is 0 Å². The van der Waals surface area contributed by atoms with Gasteiger partial charge < -0.3 is 25.0 Å². The van der Waals surface area contributed by atoms with Crippen LogP contribution in [0.25, 0.3) is 11.3 Å². The first kappa shape index (κ1) is 24.9. The Morgan fingerprint density at radius 2 is 1.92 bits per heavy atom. The SMILES string of the molecule is CCc1cnc(N2CCC(c3nc(-c4ccc(F)c(C)c4)cn3CCN3CCC3)CC2)c2c1NCC(=O)N2. The second kappa shape index (κ2) is 10.4. The Morgan fingerprint density at radius 3 is 2.63 bits per heavy atom. The second-order valence-electron chi connectivity index (χ2n) is 10.7. The molecule has 0 radical (unpaired) electrons. The molecule has 2 aromatic heterocycles. The molecular weight excluding hydrogens is 481 g/mol. The van der Waals surface area contributed by atoms with E-state index in [2.05, 4.69) is 38.1 Å². The number of piperidine rings is 1. The monoisotopic (exact) mass is 517 g/mol. The highest BCUT2D eigenvalue weighted by Crippen LogP contribution is 2.39. The lowest BCUT2D eigenvalue weighted by atomic mass is 9.95. The van der Waals surface area contributed by atoms with Gasteiger partial charge in [0.2, 0.25) is 5.91 Å². The zero-order chi connectivity index (χ0) is 26.2. The third-order valence-corrected chi connectivity index (χ3v) is 8.23. The van der Waals surface area contributed by atoms with E-state index < -0.39 is 0 Å². The van der Waals surface area contributed by atoms with E-state index in [4.69, 9.17) is 9.97 Å². The molecule has 0 atom stereocenters. The van der Waals surface area contributed by atoms with Crippen molar-refractivity contribution in [2.45, 2.75) is 52.0 Å². The number of anilines is 3. The van der Waals surface area contributed by atoms with E-state index >= 15 is 0 Å². The number of carbonyl (C=O) groups is 1. The van der Waals surface area contributed by atoms with E-state index in [0.717, 1.165) is 85.3 Å². The summed E-state index contributed by atoms with van der Waals surface area (Å²) in [7, 11) is 0. The van der Waals surface area contributed by atoms with Crippen molar-refractivity contribution >= 4 is 23.1 Å². The first-order valence-electron chi connectivity index (χ1n) is 13.9. The summed E-state index contributed by atoms with van der Waals surface area (Å²) in [6.45, 7) is 10.2. The number of rotatable bonds is 7. The summed E-state index contributed by atoms with van der Waals surface area (Å²) in [4.78, 5) is 26.8. The maximum atomic E-state index is 13.9. The number of benzene rings is 1. The van der Waals surface area contributed by atoms with E-state index in [1.54, 1.807) is 6.92 Å². The highest BCUT2D eigenvalue weighted by atomic mass is 19.1. The van der Waals surface area contributed by atoms with Gasteiger partial charge in [0.05, 0.1) is 17.9 Å². The van der Waals surface area contributed by atoms with Gasteiger partial charge in [0.15, 0.2) is 5.82 Å². The van der Waals surface area contributed by atoms with E-state index in [0.29, 0.717) is 18.0 Å². The zero-order valence-electron chi connectivity index (χ0n) is 22.3. The van der Waals surface area contributed by atoms with Crippen LogP contribution in [0.3, 0.4) is 0 Å². The average molecular weight is 518 g/mol. The van der Waals surface area contributed by atoms with Crippen LogP contribution in [0.5, 0.6) is 0 Å². The number of aryl methyl sites for hydroxylation is 2. The largest absolute Gasteiger partial charge is 0.374 e. The third kappa shape index (κ3) is 4.75. The normalized spacial score (nSPS) is 18.1. The minimum atomic E-state index is -0.187. The van der Waals surface area contributed by atoms with Crippen LogP contribution in [0, 0.1) is 12.7 Å². The van der Waals surface area contributed by atoms with Crippen molar-refractivity contribution in [2.75, 3.05) is 54.8 Å². The molecule has 9 heteroatoms. The Morgan fingerprint density at radius 1 is 1.11 bits per heavy atom. The lowest BCUT2D eigenvalue weighted by Crippen LogP contribution is -2.39. The molecule has 1 amide bonds. The fraction of sp³-hybridized carbons (Fsp3) is 0.483. The van der Waals surface area contributed by atoms with Gasteiger partial charge in [-0.15, -0.1) is 0 Å². The van der Waals surface area contributed by atoms with Crippen LogP contribution >= 0.6 is 0 Å². The smallest absolute Gasteiger partial charge is 0.243 e. The lowest BCUT2D eigenvalue weighted by Gasteiger charge is -2.35. The van der Waals surface area contributed by atoms with Gasteiger partial charge in [-0.25, -0.2) is 14.4 Å². The van der Waals surface area contributed by atoms with Crippen molar-refractivity contribution in [3.8, 4) is 11.3 Å². The highest BCUT2D eigenvalue weighted by molar-refractivity contribution is 6.04. The van der Waals surface area contributed by atoms with Crippen molar-refractivity contribution in [3.05, 3.63) is 53.4 Å². The number of aromatic nitrogens is 3. The molecule has 0 aliphatic carbocycles. The van der Waals surface area contributed by atoms with Crippen molar-refractivity contribution in [3.63, 3.8) is 0 Å². The molecule has 8 nitrogen and oxygen atoms in total. The molecule has 6 rings (SSSR count). The summed E-state index contributed by atoms with van der Waals surface area (Å²) < 4.78 is 16.2. The number of pyridine rings is 1. The number of hydrogen-bond donors (Lipinski definition) is 2. The Balaban J connectivity index is 1.23. The zero-order valence-corrected chi connectivity index (χ0v) is 22.3. The predicted molar refractivity (Wildman–Crippen MR) is 148 cm³/mol. The van der Waals surface area contributed by atoms with E-state index in [-0.39, 0.29) is 11.7 Å². The molecule has 3 aliphatic rings. The summed E-state index contributed by atoms with van der Waals surface area (Å²) in [5.74, 6) is 2.08. The van der Waals surface area contributed by atoms with E-state index in [1.807, 2.05) is 18.3 Å². The standard InChI is InChI=1S/C29H36FN7O/c1-3-20-16-32-29(27-26(20)31-17-25(38)34-27)36-11-7-21(8-12-36)28-33-24(22-5-6-23(30)19(2)15-22)18-37(28)14-13-35-9-4-10-35/h5-6,15-16,18,21,31H,3-4,7-14,17H2,1-2H3,(H,34,38). The number of fused-ring (bicyclic) bond motifs is 1. The number of likely N-dealkylation sites (tertiary alicyclic amines) is 1. The number of nitrogens with zero attached hydrogens (tertiary/aromatic N) is 5. The van der Waals surface area contributed by atoms with Crippen LogP contribution in [-0.2, 0) is 17.8 Å². The van der Waals surface area contributed by atoms with Gasteiger partial charge in [-0.3, -0.25) is 4.79 Å². The van der Waals surface area contributed by atoms with Crippen LogP contribution < -0.4 is 15.5 Å². The fourth-order valence-corrected chi connectivity index (χ4v) is 5.80. The molecule has 0 bridgehead atoms. The number of amides is 1. The van der Waals surface area contributed by atoms with Gasteiger partial charge in [-0.1, -0.05) is 6.92 Å². The number of carbonyl (C=O) groups excluding carboxylic acids is 1. The van der Waals surface area contributed by atoms with E-state index in [9.17, 15) is 9.18 Å². The first-order valence-corrected chi connectivity index (χ1v) is 13.9. The van der Waals surface area contributed by atoms with Gasteiger partial charge >= 0.3 is 0 Å². The minimum absolute atomic E-state index is 0.0310. The molecule has 0 saturated carbocycles. The van der Waals surface area contributed by atoms with Gasteiger partial charge in [0.25, 0.3) is 0 Å². The second-order valence-corrected chi connectivity index (χ2v) is 10.7. The van der Waals surface area contributed by atoms with Crippen LogP contribution in [0.1, 0.15) is 49.1 Å². The molecule has 3 aliphatic heterocycles. The molecule has 200 valence electrons. The Bertz CT molecular complexity index is 1340. The number of halogens is 1. The van der Waals surface area contributed by atoms with Crippen LogP contribution in [-0.4, -0.2) is 64.6 Å². The van der Waals surface area contributed by atoms with Gasteiger partial charge in [0.1, 0.15) is 17.3 Å². The molecule has 0 unspecified atom stereocenters. The van der Waals surface area contributed by atoms with Crippen LogP contribution in [0.15, 0.2) is 30.6 Å². The van der Waals surface area contributed by atoms with E-state index in [1.165, 1.54) is 25.6 Å². The van der Waals surface area contributed by atoms with Crippen molar-refractivity contribution in [2.24, 2.45) is 0 Å². The van der Waals surface area contributed by atoms with Gasteiger partial charge in [-0.05, 0) is 75.0 Å². The molecule has 38 heavy (non-hydrogen) atoms. The van der Waals surface area contributed by atoms with Crippen molar-refractivity contribution in [1.29, 1.82) is 0 Å². The number of hydrogen-bond acceptors (Lipinski definition) is 6. The first-order chi connectivity index (χ1) is 18.5. The van der Waals surface area contributed by atoms with Crippen LogP contribution in [0.4, 0.5) is 21.6 Å². The number of nitrogens with one attached hydrogen (secondary N) is 2. The molecule has 2 N–H and O–H groups in total. The van der Waals surface area contributed by atoms with Gasteiger partial charge in [-0.2, -0.15) is 0 Å². The highest BCUT2D eigenvalue weighted by Gasteiger charge is 2.30. The summed E-state index contributed by atoms with van der Waals surface area (Å²) in [5, 5.41) is 6.36. The molecule has 2 saturated heterocycles. The molecular formula is C29H36FN7O. The topological polar surface area (TPSA) is 78.3 Å². The third-order valence-electron chi connectivity index (χ3n) is 8.23. The summed E-state index contributed by atoms with van der Waals surface area (Å²) in [6, 6.07) is 5.25. The minimum Gasteiger partial charge on any atom is -0.374 e. The maximum Gasteiger partial charge on any atom is 0.243 e. The molecule has 1 aromatic carbocycles. The summed E-state index contributed by atoms with van der Waals surface area (Å²) in [5.41, 5.74) is 5.43. The Labute approximate surface area is 223 Å². The predicted octanol–water partition coefficient (Wildman–Crippen LogP) is 4.41. The quantitative estimate of drug-likeness (QED) is 0.484. The molecule has 3 aromatic rings. The maximum absolute atomic E-state index is 13.9. The summed E-state index contributed by atoms with van der Waals surface area (Å²) >= 11 is 0. The Kier molecular flexibility index (Phi) is 6.78. The number of imidazole rings is 1. The summed E-state index contributed by atoms with van der Waals surface area (Å²) in [6.07, 6.45) is 8.13. The average Bonchev–Trinajstić information content (AvgIpc) is 3.33. The van der Waals surface area contributed by atoms with Crippen molar-refractivity contribution < 1.29 is 9.18 Å². The lowest BCUT2D eigenvalue weighted by molar-refractivity contribution is -0.114. The molecule has 0 spiro atoms. The molecule has 2 fully saturated rings. The fourth-order valence-electron chi connectivity index (χ4n) is 5.80.